The van der Waals surface area contributed by atoms with Crippen molar-refractivity contribution in [2.24, 2.45) is 0 Å². The van der Waals surface area contributed by atoms with Crippen LogP contribution < -0.4 is 5.32 Å². The molecule has 0 aliphatic heterocycles. The van der Waals surface area contributed by atoms with Gasteiger partial charge in [0.25, 0.3) is 0 Å². The van der Waals surface area contributed by atoms with E-state index in [0.717, 1.165) is 5.69 Å². The molecule has 0 heterocycles. The number of para-hydroxylation sites is 1. The van der Waals surface area contributed by atoms with Gasteiger partial charge in [0.05, 0.1) is 0 Å². The van der Waals surface area contributed by atoms with Crippen molar-refractivity contribution in [3.63, 3.8) is 0 Å². The van der Waals surface area contributed by atoms with E-state index in [9.17, 15) is 0 Å². The van der Waals surface area contributed by atoms with Crippen molar-refractivity contribution >= 4 is 5.69 Å². The Morgan fingerprint density at radius 2 is 1.64 bits per heavy atom. The Bertz CT molecular complexity index is 232. The average molecular weight is 195 g/mol. The molecule has 0 saturated heterocycles. The smallest absolute Gasteiger partial charge is 0.237 e. The zero-order valence-electron chi connectivity index (χ0n) is 8.69. The summed E-state index contributed by atoms with van der Waals surface area (Å²) in [5.41, 5.74) is 0.999. The van der Waals surface area contributed by atoms with Gasteiger partial charge in [0.15, 0.2) is 0 Å². The van der Waals surface area contributed by atoms with Gasteiger partial charge in [-0.1, -0.05) is 18.2 Å². The van der Waals surface area contributed by atoms with Crippen LogP contribution in [0.3, 0.4) is 0 Å². The molecular weight excluding hydrogens is 178 g/mol. The zero-order chi connectivity index (χ0) is 10.2. The summed E-state index contributed by atoms with van der Waals surface area (Å²) in [7, 11) is 0. The average Bonchev–Trinajstić information content (AvgIpc) is 2.20. The molecule has 3 heteroatoms. The summed E-state index contributed by atoms with van der Waals surface area (Å²) >= 11 is 0. The van der Waals surface area contributed by atoms with Gasteiger partial charge in [0.1, 0.15) is 0 Å². The van der Waals surface area contributed by atoms with E-state index in [1.807, 2.05) is 44.2 Å². The van der Waals surface area contributed by atoms with Gasteiger partial charge in [-0.15, -0.1) is 0 Å². The van der Waals surface area contributed by atoms with Crippen LogP contribution in [-0.4, -0.2) is 19.6 Å². The summed E-state index contributed by atoms with van der Waals surface area (Å²) in [5.74, 6) is 0. The van der Waals surface area contributed by atoms with E-state index in [4.69, 9.17) is 9.47 Å². The summed E-state index contributed by atoms with van der Waals surface area (Å²) in [6.07, 6.45) is -0.354. The van der Waals surface area contributed by atoms with Crippen LogP contribution in [0.5, 0.6) is 0 Å². The second kappa shape index (κ2) is 6.40. The lowest BCUT2D eigenvalue weighted by atomic mass is 10.3. The SMILES string of the molecule is CCOC(Nc1ccccc1)OCC. The van der Waals surface area contributed by atoms with Crippen molar-refractivity contribution in [3.05, 3.63) is 30.3 Å². The van der Waals surface area contributed by atoms with Crippen LogP contribution in [0.4, 0.5) is 5.69 Å². The summed E-state index contributed by atoms with van der Waals surface area (Å²) in [5, 5.41) is 3.14. The molecule has 0 aliphatic carbocycles. The molecule has 0 unspecified atom stereocenters. The van der Waals surface area contributed by atoms with E-state index in [1.165, 1.54) is 0 Å². The highest BCUT2D eigenvalue weighted by Gasteiger charge is 2.05. The maximum atomic E-state index is 5.35. The van der Waals surface area contributed by atoms with E-state index in [-0.39, 0.29) is 6.41 Å². The number of benzene rings is 1. The Kier molecular flexibility index (Phi) is 5.04. The highest BCUT2D eigenvalue weighted by Crippen LogP contribution is 2.08. The van der Waals surface area contributed by atoms with Crippen molar-refractivity contribution in [3.8, 4) is 0 Å². The van der Waals surface area contributed by atoms with Crippen molar-refractivity contribution in [2.75, 3.05) is 18.5 Å². The molecule has 78 valence electrons. The summed E-state index contributed by atoms with van der Waals surface area (Å²) in [6.45, 7) is 5.15. The van der Waals surface area contributed by atoms with Gasteiger partial charge in [-0.3, -0.25) is 0 Å². The van der Waals surface area contributed by atoms with Crippen molar-refractivity contribution in [1.82, 2.24) is 0 Å². The molecule has 1 aromatic rings. The topological polar surface area (TPSA) is 30.5 Å². The van der Waals surface area contributed by atoms with Crippen LogP contribution in [0.25, 0.3) is 0 Å². The van der Waals surface area contributed by atoms with Crippen LogP contribution in [0.15, 0.2) is 30.3 Å². The van der Waals surface area contributed by atoms with Gasteiger partial charge in [0.2, 0.25) is 6.41 Å². The van der Waals surface area contributed by atoms with Crippen molar-refractivity contribution < 1.29 is 9.47 Å². The van der Waals surface area contributed by atoms with E-state index >= 15 is 0 Å². The predicted octanol–water partition coefficient (Wildman–Crippen LogP) is 2.46. The molecule has 0 bridgehead atoms. The molecule has 3 nitrogen and oxygen atoms in total. The third-order valence-corrected chi connectivity index (χ3v) is 1.69. The van der Waals surface area contributed by atoms with Crippen LogP contribution in [0.2, 0.25) is 0 Å². The Labute approximate surface area is 85.0 Å². The molecular formula is C11H17NO2. The first-order valence-electron chi connectivity index (χ1n) is 4.91. The fraction of sp³-hybridized carbons (Fsp3) is 0.455. The Morgan fingerprint density at radius 3 is 2.14 bits per heavy atom. The fourth-order valence-corrected chi connectivity index (χ4v) is 1.10. The number of rotatable bonds is 6. The standard InChI is InChI=1S/C11H17NO2/c1-3-13-11(14-4-2)12-10-8-6-5-7-9-10/h5-9,11-12H,3-4H2,1-2H3. The van der Waals surface area contributed by atoms with Gasteiger partial charge >= 0.3 is 0 Å². The largest absolute Gasteiger partial charge is 0.337 e. The molecule has 0 saturated carbocycles. The molecule has 1 aromatic carbocycles. The van der Waals surface area contributed by atoms with Gasteiger partial charge in [-0.25, -0.2) is 0 Å². The number of hydrogen-bond donors (Lipinski definition) is 1. The van der Waals surface area contributed by atoms with E-state index < -0.39 is 0 Å². The lowest BCUT2D eigenvalue weighted by Crippen LogP contribution is -2.26. The van der Waals surface area contributed by atoms with Gasteiger partial charge < -0.3 is 14.8 Å². The van der Waals surface area contributed by atoms with Gasteiger partial charge in [-0.05, 0) is 26.0 Å². The minimum atomic E-state index is -0.354. The maximum absolute atomic E-state index is 5.35. The Hall–Kier alpha value is -1.06. The first kappa shape index (κ1) is 11.0. The third kappa shape index (κ3) is 3.77. The molecule has 0 aromatic heterocycles. The van der Waals surface area contributed by atoms with Crippen LogP contribution >= 0.6 is 0 Å². The van der Waals surface area contributed by atoms with Crippen LogP contribution in [-0.2, 0) is 9.47 Å². The second-order valence-electron chi connectivity index (χ2n) is 2.75. The molecule has 0 radical (unpaired) electrons. The van der Waals surface area contributed by atoms with Crippen molar-refractivity contribution in [2.45, 2.75) is 20.3 Å². The third-order valence-electron chi connectivity index (χ3n) is 1.69. The highest BCUT2D eigenvalue weighted by molar-refractivity contribution is 5.42. The monoisotopic (exact) mass is 195 g/mol. The normalized spacial score (nSPS) is 10.5. The summed E-state index contributed by atoms with van der Waals surface area (Å²) in [6, 6.07) is 9.87. The Morgan fingerprint density at radius 1 is 1.07 bits per heavy atom. The second-order valence-corrected chi connectivity index (χ2v) is 2.75. The zero-order valence-corrected chi connectivity index (χ0v) is 8.69. The maximum Gasteiger partial charge on any atom is 0.237 e. The van der Waals surface area contributed by atoms with E-state index in [1.54, 1.807) is 0 Å². The lowest BCUT2D eigenvalue weighted by Gasteiger charge is -2.18. The quantitative estimate of drug-likeness (QED) is 0.707. The molecule has 0 aliphatic rings. The van der Waals surface area contributed by atoms with Crippen LogP contribution in [0.1, 0.15) is 13.8 Å². The minimum Gasteiger partial charge on any atom is -0.337 e. The number of anilines is 1. The van der Waals surface area contributed by atoms with Gasteiger partial charge in [0, 0.05) is 18.9 Å². The highest BCUT2D eigenvalue weighted by atomic mass is 16.7. The molecule has 0 fully saturated rings. The van der Waals surface area contributed by atoms with Crippen LogP contribution in [0, 0.1) is 0 Å². The minimum absolute atomic E-state index is 0.354. The first-order valence-corrected chi connectivity index (χ1v) is 4.91. The molecule has 1 rings (SSSR count). The van der Waals surface area contributed by atoms with Crippen molar-refractivity contribution in [1.29, 1.82) is 0 Å². The summed E-state index contributed by atoms with van der Waals surface area (Å²) < 4.78 is 10.7. The van der Waals surface area contributed by atoms with E-state index in [2.05, 4.69) is 5.32 Å². The molecule has 0 spiro atoms. The van der Waals surface area contributed by atoms with Gasteiger partial charge in [-0.2, -0.15) is 0 Å². The number of nitrogens with one attached hydrogen (secondary N) is 1. The number of hydrogen-bond acceptors (Lipinski definition) is 3. The predicted molar refractivity (Wildman–Crippen MR) is 57.1 cm³/mol. The number of ether oxygens (including phenoxy) is 2. The summed E-state index contributed by atoms with van der Waals surface area (Å²) in [4.78, 5) is 0. The van der Waals surface area contributed by atoms with E-state index in [0.29, 0.717) is 13.2 Å². The first-order chi connectivity index (χ1) is 6.86. The molecule has 0 atom stereocenters. The molecule has 14 heavy (non-hydrogen) atoms. The molecule has 0 amide bonds. The lowest BCUT2D eigenvalue weighted by molar-refractivity contribution is -0.116. The molecule has 1 N–H and O–H groups in total. The Balaban J connectivity index is 2.46. The fourth-order valence-electron chi connectivity index (χ4n) is 1.10.